The van der Waals surface area contributed by atoms with Gasteiger partial charge in [0.05, 0.1) is 20.3 Å². The Labute approximate surface area is 154 Å². The lowest BCUT2D eigenvalue weighted by Crippen LogP contribution is -2.46. The minimum absolute atomic E-state index is 0.112. The Kier molecular flexibility index (Phi) is 6.22. The van der Waals surface area contributed by atoms with Crippen molar-refractivity contribution in [1.82, 2.24) is 0 Å². The highest BCUT2D eigenvalue weighted by atomic mass is 16.5. The standard InChI is InChI=1S/C20H27NO5/c1-12-8-14-10-13(2)16(11-15(18(23)25-3)19(24)26-4)20(14,6-5-7-21)17(22)9-12/h12,14-16H,2,5-6,8-11H2,1,3-4H3/t12-,14+,16+,20+/m1/s1. The molecule has 0 amide bonds. The molecule has 0 aromatic rings. The maximum Gasteiger partial charge on any atom is 0.320 e. The molecule has 0 aromatic carbocycles. The predicted octanol–water partition coefficient (Wildman–Crippen LogP) is 2.82. The topological polar surface area (TPSA) is 93.5 Å². The molecule has 2 fully saturated rings. The van der Waals surface area contributed by atoms with E-state index in [0.29, 0.717) is 25.2 Å². The Balaban J connectivity index is 2.42. The summed E-state index contributed by atoms with van der Waals surface area (Å²) in [7, 11) is 2.45. The van der Waals surface area contributed by atoms with Crippen LogP contribution in [0.4, 0.5) is 0 Å². The third kappa shape index (κ3) is 3.40. The lowest BCUT2D eigenvalue weighted by Gasteiger charge is -2.44. The number of nitrogens with zero attached hydrogens (tertiary/aromatic N) is 1. The summed E-state index contributed by atoms with van der Waals surface area (Å²) in [5.41, 5.74) is 0.174. The third-order valence-electron chi connectivity index (χ3n) is 6.18. The van der Waals surface area contributed by atoms with Gasteiger partial charge >= 0.3 is 11.9 Å². The van der Waals surface area contributed by atoms with Crippen molar-refractivity contribution in [3.8, 4) is 6.07 Å². The van der Waals surface area contributed by atoms with Gasteiger partial charge in [0.1, 0.15) is 5.78 Å². The second kappa shape index (κ2) is 8.03. The lowest BCUT2D eigenvalue weighted by molar-refractivity contribution is -0.161. The van der Waals surface area contributed by atoms with Crippen molar-refractivity contribution < 1.29 is 23.9 Å². The summed E-state index contributed by atoms with van der Waals surface area (Å²) in [6.07, 6.45) is 2.90. The van der Waals surface area contributed by atoms with Gasteiger partial charge in [-0.05, 0) is 43.4 Å². The molecule has 0 saturated heterocycles. The normalized spacial score (nSPS) is 30.7. The highest BCUT2D eigenvalue weighted by Gasteiger charge is 2.59. The van der Waals surface area contributed by atoms with Gasteiger partial charge in [0.25, 0.3) is 0 Å². The molecular weight excluding hydrogens is 334 g/mol. The second-order valence-corrected chi connectivity index (χ2v) is 7.61. The Morgan fingerprint density at radius 1 is 1.31 bits per heavy atom. The van der Waals surface area contributed by atoms with E-state index in [1.807, 2.05) is 0 Å². The summed E-state index contributed by atoms with van der Waals surface area (Å²) in [4.78, 5) is 37.4. The molecule has 2 aliphatic rings. The molecule has 6 nitrogen and oxygen atoms in total. The molecule has 142 valence electrons. The van der Waals surface area contributed by atoms with Gasteiger partial charge < -0.3 is 9.47 Å². The quantitative estimate of drug-likeness (QED) is 0.410. The zero-order valence-corrected chi connectivity index (χ0v) is 15.7. The molecule has 0 unspecified atom stereocenters. The van der Waals surface area contributed by atoms with E-state index >= 15 is 0 Å². The van der Waals surface area contributed by atoms with E-state index < -0.39 is 23.3 Å². The first-order chi connectivity index (χ1) is 12.3. The average Bonchev–Trinajstić information content (AvgIpc) is 2.88. The van der Waals surface area contributed by atoms with Crippen molar-refractivity contribution in [1.29, 1.82) is 5.26 Å². The summed E-state index contributed by atoms with van der Waals surface area (Å²) < 4.78 is 9.54. The number of hydrogen-bond acceptors (Lipinski definition) is 6. The number of ketones is 1. The lowest BCUT2D eigenvalue weighted by atomic mass is 9.58. The van der Waals surface area contributed by atoms with Crippen LogP contribution in [0.3, 0.4) is 0 Å². The van der Waals surface area contributed by atoms with Crippen LogP contribution >= 0.6 is 0 Å². The number of carbonyl (C=O) groups excluding carboxylic acids is 3. The first kappa shape index (κ1) is 20.2. The number of nitriles is 1. The predicted molar refractivity (Wildman–Crippen MR) is 93.6 cm³/mol. The Morgan fingerprint density at radius 2 is 1.92 bits per heavy atom. The SMILES string of the molecule is C=C1C[C@@H]2C[C@@H](C)CC(=O)[C@]2(CCC#N)[C@H]1CC(C(=O)OC)C(=O)OC. The van der Waals surface area contributed by atoms with Gasteiger partial charge in [0, 0.05) is 18.3 Å². The molecule has 6 heteroatoms. The van der Waals surface area contributed by atoms with E-state index in [2.05, 4.69) is 19.6 Å². The van der Waals surface area contributed by atoms with E-state index in [9.17, 15) is 14.4 Å². The summed E-state index contributed by atoms with van der Waals surface area (Å²) in [5, 5.41) is 9.11. The maximum absolute atomic E-state index is 13.1. The van der Waals surface area contributed by atoms with Gasteiger partial charge in [-0.25, -0.2) is 0 Å². The largest absolute Gasteiger partial charge is 0.468 e. The number of rotatable bonds is 6. The fourth-order valence-corrected chi connectivity index (χ4v) is 5.05. The molecule has 0 N–H and O–H groups in total. The fraction of sp³-hybridized carbons (Fsp3) is 0.700. The Hall–Kier alpha value is -2.16. The van der Waals surface area contributed by atoms with Gasteiger partial charge in [0.2, 0.25) is 0 Å². The summed E-state index contributed by atoms with van der Waals surface area (Å²) in [5.74, 6) is -2.19. The molecule has 0 heterocycles. The van der Waals surface area contributed by atoms with Gasteiger partial charge in [-0.3, -0.25) is 14.4 Å². The zero-order chi connectivity index (χ0) is 19.5. The summed E-state index contributed by atoms with van der Waals surface area (Å²) in [6, 6.07) is 2.15. The van der Waals surface area contributed by atoms with Crippen LogP contribution in [0.2, 0.25) is 0 Å². The number of carbonyl (C=O) groups is 3. The smallest absolute Gasteiger partial charge is 0.320 e. The molecule has 0 spiro atoms. The third-order valence-corrected chi connectivity index (χ3v) is 6.18. The number of methoxy groups -OCH3 is 2. The van der Waals surface area contributed by atoms with Crippen LogP contribution in [0, 0.1) is 40.4 Å². The molecular formula is C20H27NO5. The van der Waals surface area contributed by atoms with Crippen LogP contribution in [0.15, 0.2) is 12.2 Å². The van der Waals surface area contributed by atoms with Crippen molar-refractivity contribution in [3.05, 3.63) is 12.2 Å². The number of hydrogen-bond donors (Lipinski definition) is 0. The molecule has 2 rings (SSSR count). The number of esters is 2. The van der Waals surface area contributed by atoms with E-state index in [1.165, 1.54) is 14.2 Å². The van der Waals surface area contributed by atoms with Crippen LogP contribution in [-0.4, -0.2) is 31.9 Å². The van der Waals surface area contributed by atoms with Crippen LogP contribution in [0.5, 0.6) is 0 Å². The van der Waals surface area contributed by atoms with Crippen LogP contribution in [0.25, 0.3) is 0 Å². The molecule has 2 aliphatic carbocycles. The Morgan fingerprint density at radius 3 is 2.46 bits per heavy atom. The maximum atomic E-state index is 13.1. The van der Waals surface area contributed by atoms with Crippen molar-refractivity contribution in [2.24, 2.45) is 29.1 Å². The van der Waals surface area contributed by atoms with Gasteiger partial charge in [-0.15, -0.1) is 0 Å². The molecule has 0 bridgehead atoms. The van der Waals surface area contributed by atoms with E-state index in [1.54, 1.807) is 0 Å². The zero-order valence-electron chi connectivity index (χ0n) is 15.7. The van der Waals surface area contributed by atoms with Crippen LogP contribution < -0.4 is 0 Å². The molecule has 2 saturated carbocycles. The number of fused-ring (bicyclic) bond motifs is 1. The minimum atomic E-state index is -1.09. The molecule has 0 aliphatic heterocycles. The fourth-order valence-electron chi connectivity index (χ4n) is 5.05. The van der Waals surface area contributed by atoms with Crippen LogP contribution in [-0.2, 0) is 23.9 Å². The first-order valence-corrected chi connectivity index (χ1v) is 9.05. The van der Waals surface area contributed by atoms with Gasteiger partial charge in [-0.2, -0.15) is 5.26 Å². The van der Waals surface area contributed by atoms with Crippen LogP contribution in [0.1, 0.15) is 45.4 Å². The van der Waals surface area contributed by atoms with E-state index in [4.69, 9.17) is 14.7 Å². The first-order valence-electron chi connectivity index (χ1n) is 9.05. The molecule has 26 heavy (non-hydrogen) atoms. The summed E-state index contributed by atoms with van der Waals surface area (Å²) >= 11 is 0. The number of ether oxygens (including phenoxy) is 2. The number of Topliss-reactive ketones (excluding diaryl/α,β-unsaturated/α-hetero) is 1. The Bertz CT molecular complexity index is 633. The monoisotopic (exact) mass is 361 g/mol. The van der Waals surface area contributed by atoms with Crippen molar-refractivity contribution >= 4 is 17.7 Å². The van der Waals surface area contributed by atoms with Crippen molar-refractivity contribution in [3.63, 3.8) is 0 Å². The number of allylic oxidation sites excluding steroid dienone is 1. The highest BCUT2D eigenvalue weighted by molar-refractivity contribution is 5.95. The van der Waals surface area contributed by atoms with E-state index in [0.717, 1.165) is 12.0 Å². The molecule has 0 aromatic heterocycles. The summed E-state index contributed by atoms with van der Waals surface area (Å²) in [6.45, 7) is 6.22. The second-order valence-electron chi connectivity index (χ2n) is 7.61. The van der Waals surface area contributed by atoms with Gasteiger partial charge in [-0.1, -0.05) is 19.1 Å². The van der Waals surface area contributed by atoms with Crippen molar-refractivity contribution in [2.45, 2.75) is 45.4 Å². The van der Waals surface area contributed by atoms with E-state index in [-0.39, 0.29) is 30.5 Å². The molecule has 4 atom stereocenters. The molecule has 0 radical (unpaired) electrons. The minimum Gasteiger partial charge on any atom is -0.468 e. The van der Waals surface area contributed by atoms with Crippen molar-refractivity contribution in [2.75, 3.05) is 14.2 Å². The van der Waals surface area contributed by atoms with Gasteiger partial charge in [0.15, 0.2) is 5.92 Å². The highest BCUT2D eigenvalue weighted by Crippen LogP contribution is 2.60. The average molecular weight is 361 g/mol.